The summed E-state index contributed by atoms with van der Waals surface area (Å²) >= 11 is 0. The number of hydrogen-bond acceptors (Lipinski definition) is 6. The zero-order chi connectivity index (χ0) is 23.4. The molecule has 8 heteroatoms. The van der Waals surface area contributed by atoms with Crippen LogP contribution in [-0.2, 0) is 23.1 Å². The van der Waals surface area contributed by atoms with E-state index in [-0.39, 0.29) is 11.7 Å². The Morgan fingerprint density at radius 2 is 1.97 bits per heavy atom. The Labute approximate surface area is 194 Å². The van der Waals surface area contributed by atoms with Crippen molar-refractivity contribution in [2.75, 3.05) is 24.7 Å². The van der Waals surface area contributed by atoms with Gasteiger partial charge in [-0.2, -0.15) is 8.42 Å². The highest BCUT2D eigenvalue weighted by Gasteiger charge is 2.22. The molecule has 2 heterocycles. The number of pyridine rings is 1. The number of fused-ring (bicyclic) bond motifs is 1. The fourth-order valence-corrected chi connectivity index (χ4v) is 5.08. The molecule has 0 aliphatic carbocycles. The Morgan fingerprint density at radius 3 is 2.73 bits per heavy atom. The second-order valence-electron chi connectivity index (χ2n) is 8.35. The van der Waals surface area contributed by atoms with Crippen molar-refractivity contribution in [2.24, 2.45) is 5.92 Å². The number of aromatic nitrogens is 1. The largest absolute Gasteiger partial charge is 0.496 e. The van der Waals surface area contributed by atoms with E-state index in [0.717, 1.165) is 33.6 Å². The van der Waals surface area contributed by atoms with Crippen molar-refractivity contribution in [3.63, 3.8) is 0 Å². The van der Waals surface area contributed by atoms with Crippen molar-refractivity contribution in [1.29, 1.82) is 0 Å². The van der Waals surface area contributed by atoms with Gasteiger partial charge in [-0.3, -0.25) is 9.54 Å². The fraction of sp³-hybridized carbons (Fsp3) is 0.320. The molecule has 0 amide bonds. The standard InChI is InChI=1S/C25H28N2O5S/c1-17-10-11-26-21(12-17)15-32-24-5-3-4-23(31-2)25(24)20-8-9-22-19(13-20)7-6-18(14-27-22)16-33(28,29)30/h3-5,8-13,18,27H,6-7,14-16H2,1-2H3,(H,28,29,30). The molecule has 4 rings (SSSR count). The second-order valence-corrected chi connectivity index (χ2v) is 9.85. The molecule has 3 aromatic rings. The number of rotatable bonds is 7. The molecule has 1 atom stereocenters. The predicted octanol–water partition coefficient (Wildman–Crippen LogP) is 4.51. The maximum atomic E-state index is 11.3. The Bertz CT molecular complexity index is 1240. The minimum Gasteiger partial charge on any atom is -0.496 e. The number of methoxy groups -OCH3 is 1. The van der Waals surface area contributed by atoms with Crippen LogP contribution in [-0.4, -0.2) is 37.4 Å². The summed E-state index contributed by atoms with van der Waals surface area (Å²) in [6.45, 7) is 2.86. The van der Waals surface area contributed by atoms with Gasteiger partial charge in [-0.05, 0) is 78.8 Å². The van der Waals surface area contributed by atoms with E-state index in [2.05, 4.69) is 16.4 Å². The van der Waals surface area contributed by atoms with E-state index in [1.165, 1.54) is 0 Å². The molecular weight excluding hydrogens is 440 g/mol. The van der Waals surface area contributed by atoms with Crippen molar-refractivity contribution in [2.45, 2.75) is 26.4 Å². The van der Waals surface area contributed by atoms with Crippen molar-refractivity contribution in [3.05, 3.63) is 71.5 Å². The highest BCUT2D eigenvalue weighted by Crippen LogP contribution is 2.40. The first-order valence-corrected chi connectivity index (χ1v) is 12.5. The number of nitrogens with one attached hydrogen (secondary N) is 1. The van der Waals surface area contributed by atoms with Gasteiger partial charge >= 0.3 is 0 Å². The lowest BCUT2D eigenvalue weighted by Gasteiger charge is -2.17. The molecule has 1 aliphatic rings. The van der Waals surface area contributed by atoms with Crippen molar-refractivity contribution >= 4 is 15.8 Å². The van der Waals surface area contributed by atoms with Crippen LogP contribution in [0.4, 0.5) is 5.69 Å². The molecule has 0 spiro atoms. The summed E-state index contributed by atoms with van der Waals surface area (Å²) in [5.74, 6) is 1.01. The van der Waals surface area contributed by atoms with Crippen LogP contribution in [0.1, 0.15) is 23.2 Å². The Hall–Kier alpha value is -3.10. The van der Waals surface area contributed by atoms with Crippen molar-refractivity contribution in [3.8, 4) is 22.6 Å². The lowest BCUT2D eigenvalue weighted by atomic mass is 9.97. The molecule has 1 unspecified atom stereocenters. The van der Waals surface area contributed by atoms with Crippen molar-refractivity contribution in [1.82, 2.24) is 4.98 Å². The third kappa shape index (κ3) is 5.83. The number of benzene rings is 2. The number of aryl methyl sites for hydroxylation is 2. The van der Waals surface area contributed by atoms with Crippen molar-refractivity contribution < 1.29 is 22.4 Å². The van der Waals surface area contributed by atoms with E-state index < -0.39 is 10.1 Å². The maximum absolute atomic E-state index is 11.3. The van der Waals surface area contributed by atoms with Gasteiger partial charge in [-0.15, -0.1) is 0 Å². The van der Waals surface area contributed by atoms with Gasteiger partial charge in [-0.1, -0.05) is 12.1 Å². The molecule has 0 saturated carbocycles. The lowest BCUT2D eigenvalue weighted by Crippen LogP contribution is -2.21. The third-order valence-corrected chi connectivity index (χ3v) is 6.69. The first kappa shape index (κ1) is 23.1. The molecule has 1 aromatic heterocycles. The molecule has 1 aliphatic heterocycles. The average Bonchev–Trinajstić information content (AvgIpc) is 2.98. The van der Waals surface area contributed by atoms with E-state index >= 15 is 0 Å². The first-order chi connectivity index (χ1) is 15.8. The molecule has 2 N–H and O–H groups in total. The summed E-state index contributed by atoms with van der Waals surface area (Å²) in [4.78, 5) is 4.37. The van der Waals surface area contributed by atoms with Gasteiger partial charge in [0.2, 0.25) is 0 Å². The van der Waals surface area contributed by atoms with E-state index in [0.29, 0.717) is 37.5 Å². The maximum Gasteiger partial charge on any atom is 0.265 e. The molecule has 0 radical (unpaired) electrons. The molecule has 33 heavy (non-hydrogen) atoms. The molecular formula is C25H28N2O5S. The summed E-state index contributed by atoms with van der Waals surface area (Å²) in [5.41, 5.74) is 5.84. The number of hydrogen-bond donors (Lipinski definition) is 2. The van der Waals surface area contributed by atoms with E-state index in [1.807, 2.05) is 49.4 Å². The molecule has 7 nitrogen and oxygen atoms in total. The van der Waals surface area contributed by atoms with Gasteiger partial charge in [0.1, 0.15) is 18.1 Å². The van der Waals surface area contributed by atoms with Gasteiger partial charge in [0.15, 0.2) is 0 Å². The smallest absolute Gasteiger partial charge is 0.265 e. The zero-order valence-corrected chi connectivity index (χ0v) is 19.6. The summed E-state index contributed by atoms with van der Waals surface area (Å²) < 4.78 is 43.6. The number of anilines is 1. The summed E-state index contributed by atoms with van der Waals surface area (Å²) in [6.07, 6.45) is 3.14. The quantitative estimate of drug-likeness (QED) is 0.493. The van der Waals surface area contributed by atoms with Gasteiger partial charge < -0.3 is 14.8 Å². The van der Waals surface area contributed by atoms with Gasteiger partial charge in [0.05, 0.1) is 24.1 Å². The van der Waals surface area contributed by atoms with Crippen LogP contribution >= 0.6 is 0 Å². The fourth-order valence-electron chi connectivity index (χ4n) is 4.20. The number of nitrogens with zero attached hydrogens (tertiary/aromatic N) is 1. The van der Waals surface area contributed by atoms with Crippen LogP contribution in [0.2, 0.25) is 0 Å². The Morgan fingerprint density at radius 1 is 1.15 bits per heavy atom. The highest BCUT2D eigenvalue weighted by molar-refractivity contribution is 7.85. The van der Waals surface area contributed by atoms with E-state index in [1.54, 1.807) is 13.3 Å². The molecule has 2 aromatic carbocycles. The van der Waals surface area contributed by atoms with Gasteiger partial charge in [0.25, 0.3) is 10.1 Å². The summed E-state index contributed by atoms with van der Waals surface area (Å²) in [5, 5.41) is 3.33. The van der Waals surface area contributed by atoms with Crippen LogP contribution in [0.25, 0.3) is 11.1 Å². The van der Waals surface area contributed by atoms with Crippen LogP contribution in [0.15, 0.2) is 54.7 Å². The minimum atomic E-state index is -4.00. The van der Waals surface area contributed by atoms with Crippen LogP contribution in [0, 0.1) is 12.8 Å². The van der Waals surface area contributed by atoms with Crippen LogP contribution < -0.4 is 14.8 Å². The average molecular weight is 469 g/mol. The minimum absolute atomic E-state index is 0.150. The highest BCUT2D eigenvalue weighted by atomic mass is 32.2. The zero-order valence-electron chi connectivity index (χ0n) is 18.7. The second kappa shape index (κ2) is 9.80. The molecule has 174 valence electrons. The van der Waals surface area contributed by atoms with Gasteiger partial charge in [0, 0.05) is 18.4 Å². The number of ether oxygens (including phenoxy) is 2. The van der Waals surface area contributed by atoms with E-state index in [9.17, 15) is 13.0 Å². The predicted molar refractivity (Wildman–Crippen MR) is 128 cm³/mol. The third-order valence-electron chi connectivity index (χ3n) is 5.80. The molecule has 0 fully saturated rings. The van der Waals surface area contributed by atoms with Crippen LogP contribution in [0.3, 0.4) is 0 Å². The lowest BCUT2D eigenvalue weighted by molar-refractivity contribution is 0.300. The normalized spacial score (nSPS) is 15.8. The SMILES string of the molecule is COc1cccc(OCc2cc(C)ccn2)c1-c1ccc2c(c1)CCC(CS(=O)(=O)O)CN2. The Balaban J connectivity index is 1.61. The van der Waals surface area contributed by atoms with E-state index in [4.69, 9.17) is 9.47 Å². The summed E-state index contributed by atoms with van der Waals surface area (Å²) in [6, 6.07) is 15.8. The molecule has 0 saturated heterocycles. The Kier molecular flexibility index (Phi) is 6.85. The molecule has 0 bridgehead atoms. The van der Waals surface area contributed by atoms with Crippen LogP contribution in [0.5, 0.6) is 11.5 Å². The first-order valence-electron chi connectivity index (χ1n) is 10.9. The summed E-state index contributed by atoms with van der Waals surface area (Å²) in [7, 11) is -2.37. The topological polar surface area (TPSA) is 97.8 Å². The monoisotopic (exact) mass is 468 g/mol. The van der Waals surface area contributed by atoms with Gasteiger partial charge in [-0.25, -0.2) is 0 Å².